The second-order valence-electron chi connectivity index (χ2n) is 11.2. The molecule has 0 saturated carbocycles. The standard InChI is InChI=1S/C29H31F5N2O6/c1-15-11-18-17-7-5-6-8-21(17)36(26(38)39)24(18)25(35(15)14-29(32,33)34)23-19(30)12-16(13-20(23)31)22(9-10-37)41-27(40)42-28(2,3)4/h5-8,12-13,15,22,25,37H,9-11,14H2,1-4H3,(H,38,39)/t15-,22+,25-/m1/s1. The van der Waals surface area contributed by atoms with Crippen LogP contribution in [0.15, 0.2) is 36.4 Å². The predicted molar refractivity (Wildman–Crippen MR) is 141 cm³/mol. The molecule has 0 spiro atoms. The summed E-state index contributed by atoms with van der Waals surface area (Å²) in [5.74, 6) is -2.56. The maximum absolute atomic E-state index is 16.0. The fourth-order valence-electron chi connectivity index (χ4n) is 5.47. The smallest absolute Gasteiger partial charge is 0.464 e. The quantitative estimate of drug-likeness (QED) is 0.240. The molecule has 42 heavy (non-hydrogen) atoms. The van der Waals surface area contributed by atoms with Gasteiger partial charge in [0.05, 0.1) is 23.8 Å². The minimum atomic E-state index is -4.77. The molecule has 0 amide bonds. The van der Waals surface area contributed by atoms with E-state index >= 15 is 8.78 Å². The first-order chi connectivity index (χ1) is 19.5. The summed E-state index contributed by atoms with van der Waals surface area (Å²) in [6, 6.07) is 5.24. The molecule has 8 nitrogen and oxygen atoms in total. The Morgan fingerprint density at radius 3 is 2.26 bits per heavy atom. The van der Waals surface area contributed by atoms with Crippen molar-refractivity contribution in [3.8, 4) is 0 Å². The maximum atomic E-state index is 16.0. The van der Waals surface area contributed by atoms with E-state index in [1.165, 1.54) is 13.0 Å². The normalized spacial score (nSPS) is 18.5. The number of benzene rings is 2. The van der Waals surface area contributed by atoms with E-state index in [1.54, 1.807) is 39.0 Å². The lowest BCUT2D eigenvalue weighted by molar-refractivity contribution is -0.155. The van der Waals surface area contributed by atoms with Crippen LogP contribution in [0.25, 0.3) is 10.9 Å². The number of hydrogen-bond acceptors (Lipinski definition) is 6. The van der Waals surface area contributed by atoms with Crippen molar-refractivity contribution in [1.29, 1.82) is 0 Å². The Bertz CT molecular complexity index is 1470. The summed E-state index contributed by atoms with van der Waals surface area (Å²) >= 11 is 0. The number of para-hydroxylation sites is 1. The van der Waals surface area contributed by atoms with Crippen molar-refractivity contribution < 1.29 is 51.2 Å². The number of hydrogen-bond donors (Lipinski definition) is 2. The number of aliphatic hydroxyl groups is 1. The highest BCUT2D eigenvalue weighted by Gasteiger charge is 2.45. The first kappa shape index (κ1) is 31.2. The largest absolute Gasteiger partial charge is 0.509 e. The number of aliphatic hydroxyl groups excluding tert-OH is 1. The zero-order valence-electron chi connectivity index (χ0n) is 23.3. The van der Waals surface area contributed by atoms with E-state index in [-0.39, 0.29) is 29.6 Å². The van der Waals surface area contributed by atoms with Crippen LogP contribution in [0.1, 0.15) is 68.6 Å². The van der Waals surface area contributed by atoms with Crippen LogP contribution >= 0.6 is 0 Å². The summed E-state index contributed by atoms with van der Waals surface area (Å²) in [5, 5.41) is 20.0. The van der Waals surface area contributed by atoms with E-state index in [2.05, 4.69) is 0 Å². The third-order valence-electron chi connectivity index (χ3n) is 7.00. The van der Waals surface area contributed by atoms with Crippen LogP contribution in [0.3, 0.4) is 0 Å². The molecular formula is C29H31F5N2O6. The molecule has 1 aliphatic heterocycles. The highest BCUT2D eigenvalue weighted by Crippen LogP contribution is 2.45. The van der Waals surface area contributed by atoms with Gasteiger partial charge in [-0.3, -0.25) is 4.90 Å². The number of fused-ring (bicyclic) bond motifs is 3. The monoisotopic (exact) mass is 598 g/mol. The summed E-state index contributed by atoms with van der Waals surface area (Å²) in [7, 11) is 0. The average Bonchev–Trinajstić information content (AvgIpc) is 3.17. The fourth-order valence-corrected chi connectivity index (χ4v) is 5.47. The lowest BCUT2D eigenvalue weighted by Crippen LogP contribution is -2.48. The second-order valence-corrected chi connectivity index (χ2v) is 11.2. The highest BCUT2D eigenvalue weighted by atomic mass is 19.4. The van der Waals surface area contributed by atoms with Gasteiger partial charge in [0.15, 0.2) is 0 Å². The molecule has 2 heterocycles. The van der Waals surface area contributed by atoms with Crippen LogP contribution in [-0.2, 0) is 15.9 Å². The van der Waals surface area contributed by atoms with Crippen molar-refractivity contribution in [2.45, 2.75) is 70.5 Å². The van der Waals surface area contributed by atoms with E-state index in [0.29, 0.717) is 10.9 Å². The molecule has 1 aromatic heterocycles. The molecule has 2 aromatic carbocycles. The van der Waals surface area contributed by atoms with E-state index in [9.17, 15) is 33.0 Å². The summed E-state index contributed by atoms with van der Waals surface area (Å²) in [4.78, 5) is 25.5. The number of alkyl halides is 3. The molecule has 228 valence electrons. The number of rotatable bonds is 6. The number of aromatic nitrogens is 1. The van der Waals surface area contributed by atoms with Crippen LogP contribution < -0.4 is 0 Å². The Balaban J connectivity index is 1.91. The summed E-state index contributed by atoms with van der Waals surface area (Å²) in [5.41, 5.74) is -1.58. The third-order valence-corrected chi connectivity index (χ3v) is 7.00. The molecule has 13 heteroatoms. The van der Waals surface area contributed by atoms with Gasteiger partial charge in [-0.25, -0.2) is 22.9 Å². The van der Waals surface area contributed by atoms with Crippen LogP contribution in [0, 0.1) is 11.6 Å². The van der Waals surface area contributed by atoms with Crippen molar-refractivity contribution in [1.82, 2.24) is 9.47 Å². The van der Waals surface area contributed by atoms with Gasteiger partial charge in [0, 0.05) is 30.0 Å². The Labute approximate surface area is 238 Å². The molecule has 0 radical (unpaired) electrons. The van der Waals surface area contributed by atoms with Gasteiger partial charge in [-0.1, -0.05) is 18.2 Å². The number of carbonyl (C=O) groups is 2. The van der Waals surface area contributed by atoms with Gasteiger partial charge in [0.1, 0.15) is 23.3 Å². The minimum Gasteiger partial charge on any atom is -0.464 e. The van der Waals surface area contributed by atoms with Crippen LogP contribution in [-0.4, -0.2) is 62.9 Å². The predicted octanol–water partition coefficient (Wildman–Crippen LogP) is 6.72. The SMILES string of the molecule is C[C@@H]1Cc2c(n(C(=O)O)c3ccccc23)[C@@H](c2c(F)cc([C@H](CCO)OC(=O)OC(C)(C)C)cc2F)N1CC(F)(F)F. The zero-order valence-corrected chi connectivity index (χ0v) is 23.3. The molecular weight excluding hydrogens is 567 g/mol. The Morgan fingerprint density at radius 2 is 1.71 bits per heavy atom. The molecule has 3 aromatic rings. The number of halogens is 5. The Hall–Kier alpha value is -3.71. The van der Waals surface area contributed by atoms with E-state index < -0.39 is 72.6 Å². The maximum Gasteiger partial charge on any atom is 0.509 e. The molecule has 1 aliphatic rings. The lowest BCUT2D eigenvalue weighted by Gasteiger charge is -2.42. The van der Waals surface area contributed by atoms with E-state index in [4.69, 9.17) is 9.47 Å². The average molecular weight is 599 g/mol. The number of nitrogens with zero attached hydrogens (tertiary/aromatic N) is 2. The van der Waals surface area contributed by atoms with Crippen LogP contribution in [0.2, 0.25) is 0 Å². The highest BCUT2D eigenvalue weighted by molar-refractivity contribution is 5.94. The van der Waals surface area contributed by atoms with E-state index in [1.807, 2.05) is 0 Å². The molecule has 0 saturated heterocycles. The first-order valence-corrected chi connectivity index (χ1v) is 13.2. The molecule has 2 N–H and O–H groups in total. The number of carboxylic acid groups (broad SMARTS) is 1. The summed E-state index contributed by atoms with van der Waals surface area (Å²) in [6.07, 6.45) is -9.05. The molecule has 4 rings (SSSR count). The summed E-state index contributed by atoms with van der Waals surface area (Å²) in [6.45, 7) is 4.11. The van der Waals surface area contributed by atoms with Crippen molar-refractivity contribution in [3.05, 3.63) is 70.4 Å². The molecule has 0 bridgehead atoms. The van der Waals surface area contributed by atoms with Crippen LogP contribution in [0.4, 0.5) is 31.5 Å². The van der Waals surface area contributed by atoms with Gasteiger partial charge < -0.3 is 19.7 Å². The molecule has 0 aliphatic carbocycles. The topological polar surface area (TPSA) is 101 Å². The number of carbonyl (C=O) groups excluding carboxylic acids is 1. The van der Waals surface area contributed by atoms with Gasteiger partial charge in [-0.15, -0.1) is 0 Å². The Morgan fingerprint density at radius 1 is 1.10 bits per heavy atom. The Kier molecular flexibility index (Phi) is 8.57. The van der Waals surface area contributed by atoms with Crippen molar-refractivity contribution in [2.24, 2.45) is 0 Å². The van der Waals surface area contributed by atoms with Gasteiger partial charge in [0.25, 0.3) is 0 Å². The first-order valence-electron chi connectivity index (χ1n) is 13.2. The van der Waals surface area contributed by atoms with Crippen LogP contribution in [0.5, 0.6) is 0 Å². The molecule has 3 atom stereocenters. The second kappa shape index (κ2) is 11.5. The lowest BCUT2D eigenvalue weighted by atomic mass is 9.87. The third kappa shape index (κ3) is 6.36. The van der Waals surface area contributed by atoms with Crippen molar-refractivity contribution in [2.75, 3.05) is 13.2 Å². The van der Waals surface area contributed by atoms with Gasteiger partial charge in [-0.05, 0) is 63.4 Å². The van der Waals surface area contributed by atoms with Gasteiger partial charge in [-0.2, -0.15) is 13.2 Å². The minimum absolute atomic E-state index is 0.00628. The van der Waals surface area contributed by atoms with Gasteiger partial charge in [0.2, 0.25) is 0 Å². The fraction of sp³-hybridized carbons (Fsp3) is 0.448. The van der Waals surface area contributed by atoms with Crippen molar-refractivity contribution in [3.63, 3.8) is 0 Å². The molecule has 0 unspecified atom stereocenters. The number of ether oxygens (including phenoxy) is 2. The summed E-state index contributed by atoms with van der Waals surface area (Å²) < 4.78 is 84.4. The van der Waals surface area contributed by atoms with Gasteiger partial charge >= 0.3 is 18.4 Å². The zero-order chi connectivity index (χ0) is 31.1. The van der Waals surface area contributed by atoms with Crippen molar-refractivity contribution >= 4 is 23.2 Å². The molecule has 0 fully saturated rings. The van der Waals surface area contributed by atoms with E-state index in [0.717, 1.165) is 21.6 Å².